The molecule has 0 bridgehead atoms. The van der Waals surface area contributed by atoms with Crippen LogP contribution in [0.2, 0.25) is 5.02 Å². The number of hydrogen-bond donors (Lipinski definition) is 2. The molecule has 0 spiro atoms. The van der Waals surface area contributed by atoms with E-state index in [4.69, 9.17) is 16.3 Å². The smallest absolute Gasteiger partial charge is 0.323 e. The Morgan fingerprint density at radius 1 is 0.893 bits per heavy atom. The fraction of sp³-hybridized carbons (Fsp3) is 0.0500. The second kappa shape index (κ2) is 8.33. The zero-order valence-corrected chi connectivity index (χ0v) is 16.4. The highest BCUT2D eigenvalue weighted by Gasteiger charge is 2.20. The van der Waals surface area contributed by atoms with Crippen molar-refractivity contribution >= 4 is 38.8 Å². The fourth-order valence-electron chi connectivity index (χ4n) is 2.54. The van der Waals surface area contributed by atoms with Gasteiger partial charge in [-0.3, -0.25) is 0 Å². The maximum absolute atomic E-state index is 12.8. The van der Waals surface area contributed by atoms with Crippen LogP contribution >= 0.6 is 11.6 Å². The molecule has 2 amide bonds. The van der Waals surface area contributed by atoms with Gasteiger partial charge in [0.2, 0.25) is 9.84 Å². The van der Waals surface area contributed by atoms with Gasteiger partial charge in [-0.1, -0.05) is 35.9 Å². The molecule has 0 aliphatic heterocycles. The van der Waals surface area contributed by atoms with E-state index in [1.165, 1.54) is 37.4 Å². The highest BCUT2D eigenvalue weighted by Crippen LogP contribution is 2.30. The zero-order chi connectivity index (χ0) is 20.1. The molecule has 0 heterocycles. The van der Waals surface area contributed by atoms with E-state index in [-0.39, 0.29) is 15.5 Å². The van der Waals surface area contributed by atoms with Crippen molar-refractivity contribution in [2.75, 3.05) is 17.7 Å². The van der Waals surface area contributed by atoms with Gasteiger partial charge in [0, 0.05) is 10.7 Å². The molecule has 3 aromatic rings. The Bertz CT molecular complexity index is 1100. The van der Waals surface area contributed by atoms with Gasteiger partial charge in [-0.15, -0.1) is 0 Å². The van der Waals surface area contributed by atoms with E-state index in [9.17, 15) is 13.2 Å². The van der Waals surface area contributed by atoms with Crippen LogP contribution in [0.5, 0.6) is 5.75 Å². The average molecular weight is 417 g/mol. The Morgan fingerprint density at radius 2 is 1.64 bits per heavy atom. The Labute approximate surface area is 168 Å². The summed E-state index contributed by atoms with van der Waals surface area (Å²) in [5.41, 5.74) is 0.719. The van der Waals surface area contributed by atoms with Crippen molar-refractivity contribution in [3.63, 3.8) is 0 Å². The molecule has 2 N–H and O–H groups in total. The zero-order valence-electron chi connectivity index (χ0n) is 14.8. The van der Waals surface area contributed by atoms with E-state index in [0.29, 0.717) is 16.5 Å². The molecule has 0 saturated heterocycles. The van der Waals surface area contributed by atoms with Crippen molar-refractivity contribution in [3.8, 4) is 5.75 Å². The molecule has 0 saturated carbocycles. The Kier molecular flexibility index (Phi) is 5.87. The summed E-state index contributed by atoms with van der Waals surface area (Å²) in [6, 6.07) is 18.4. The van der Waals surface area contributed by atoms with Crippen LogP contribution < -0.4 is 15.4 Å². The van der Waals surface area contributed by atoms with Crippen LogP contribution in [-0.2, 0) is 9.84 Å². The lowest BCUT2D eigenvalue weighted by Crippen LogP contribution is -2.20. The molecule has 0 unspecified atom stereocenters. The number of rotatable bonds is 5. The van der Waals surface area contributed by atoms with E-state index in [1.807, 2.05) is 0 Å². The topological polar surface area (TPSA) is 84.5 Å². The number of nitrogens with one attached hydrogen (secondary N) is 2. The molecule has 6 nitrogen and oxygen atoms in total. The summed E-state index contributed by atoms with van der Waals surface area (Å²) in [6.07, 6.45) is 0. The van der Waals surface area contributed by atoms with Crippen LogP contribution in [0.4, 0.5) is 16.2 Å². The first-order valence-electron chi connectivity index (χ1n) is 8.22. The standard InChI is InChI=1S/C20H17ClN2O4S/c1-27-19-11-10-17(28(25,26)16-8-3-2-4-9-16)13-18(19)23-20(24)22-15-7-5-6-14(21)12-15/h2-13H,1H3,(H2,22,23,24). The summed E-state index contributed by atoms with van der Waals surface area (Å²) < 4.78 is 30.9. The van der Waals surface area contributed by atoms with Crippen LogP contribution in [0.15, 0.2) is 82.6 Å². The van der Waals surface area contributed by atoms with Gasteiger partial charge in [0.15, 0.2) is 0 Å². The predicted octanol–water partition coefficient (Wildman–Crippen LogP) is 4.83. The number of benzene rings is 3. The lowest BCUT2D eigenvalue weighted by Gasteiger charge is -2.13. The minimum Gasteiger partial charge on any atom is -0.495 e. The number of ether oxygens (including phenoxy) is 1. The number of hydrogen-bond acceptors (Lipinski definition) is 4. The number of methoxy groups -OCH3 is 1. The van der Waals surface area contributed by atoms with Crippen molar-refractivity contribution in [2.45, 2.75) is 9.79 Å². The minimum atomic E-state index is -3.73. The summed E-state index contributed by atoms with van der Waals surface area (Å²) >= 11 is 5.91. The van der Waals surface area contributed by atoms with E-state index in [1.54, 1.807) is 42.5 Å². The van der Waals surface area contributed by atoms with E-state index in [2.05, 4.69) is 10.6 Å². The summed E-state index contributed by atoms with van der Waals surface area (Å²) in [7, 11) is -2.30. The largest absolute Gasteiger partial charge is 0.495 e. The van der Waals surface area contributed by atoms with Crippen LogP contribution in [0.3, 0.4) is 0 Å². The summed E-state index contributed by atoms with van der Waals surface area (Å²) in [4.78, 5) is 12.5. The van der Waals surface area contributed by atoms with Crippen LogP contribution in [-0.4, -0.2) is 21.6 Å². The predicted molar refractivity (Wildman–Crippen MR) is 109 cm³/mol. The normalized spacial score (nSPS) is 10.9. The lowest BCUT2D eigenvalue weighted by atomic mass is 10.3. The maximum Gasteiger partial charge on any atom is 0.323 e. The van der Waals surface area contributed by atoms with Gasteiger partial charge in [0.1, 0.15) is 5.75 Å². The molecule has 0 radical (unpaired) electrons. The van der Waals surface area contributed by atoms with Crippen LogP contribution in [0.1, 0.15) is 0 Å². The van der Waals surface area contributed by atoms with Gasteiger partial charge < -0.3 is 15.4 Å². The highest BCUT2D eigenvalue weighted by atomic mass is 35.5. The Hall–Kier alpha value is -3.03. The van der Waals surface area contributed by atoms with E-state index < -0.39 is 15.9 Å². The number of carbonyl (C=O) groups excluding carboxylic acids is 1. The first-order valence-corrected chi connectivity index (χ1v) is 10.1. The number of urea groups is 1. The average Bonchev–Trinajstić information content (AvgIpc) is 2.68. The number of anilines is 2. The number of carbonyl (C=O) groups is 1. The van der Waals surface area contributed by atoms with Crippen molar-refractivity contribution in [2.24, 2.45) is 0 Å². The molecule has 0 aliphatic rings. The Morgan fingerprint density at radius 3 is 2.32 bits per heavy atom. The minimum absolute atomic E-state index is 0.0394. The third-order valence-electron chi connectivity index (χ3n) is 3.87. The fourth-order valence-corrected chi connectivity index (χ4v) is 4.04. The second-order valence-electron chi connectivity index (χ2n) is 5.77. The molecule has 0 atom stereocenters. The molecular formula is C20H17ClN2O4S. The lowest BCUT2D eigenvalue weighted by molar-refractivity contribution is 0.262. The Balaban J connectivity index is 1.88. The molecule has 8 heteroatoms. The number of amides is 2. The summed E-state index contributed by atoms with van der Waals surface area (Å²) in [5.74, 6) is 0.327. The van der Waals surface area contributed by atoms with Crippen molar-refractivity contribution < 1.29 is 17.9 Å². The molecule has 3 aromatic carbocycles. The van der Waals surface area contributed by atoms with Crippen LogP contribution in [0, 0.1) is 0 Å². The van der Waals surface area contributed by atoms with Crippen molar-refractivity contribution in [3.05, 3.63) is 77.8 Å². The highest BCUT2D eigenvalue weighted by molar-refractivity contribution is 7.91. The number of halogens is 1. The molecule has 0 aromatic heterocycles. The number of sulfone groups is 1. The van der Waals surface area contributed by atoms with Gasteiger partial charge in [0.05, 0.1) is 22.6 Å². The first kappa shape index (κ1) is 19.7. The third-order valence-corrected chi connectivity index (χ3v) is 5.87. The molecule has 28 heavy (non-hydrogen) atoms. The van der Waals surface area contributed by atoms with Gasteiger partial charge in [-0.25, -0.2) is 13.2 Å². The quantitative estimate of drug-likeness (QED) is 0.624. The van der Waals surface area contributed by atoms with E-state index >= 15 is 0 Å². The maximum atomic E-state index is 12.8. The monoisotopic (exact) mass is 416 g/mol. The molecule has 3 rings (SSSR count). The summed E-state index contributed by atoms with van der Waals surface area (Å²) in [5, 5.41) is 5.72. The molecule has 0 aliphatic carbocycles. The molecule has 144 valence electrons. The van der Waals surface area contributed by atoms with Crippen molar-refractivity contribution in [1.82, 2.24) is 0 Å². The SMILES string of the molecule is COc1ccc(S(=O)(=O)c2ccccc2)cc1NC(=O)Nc1cccc(Cl)c1. The van der Waals surface area contributed by atoms with Gasteiger partial charge in [-0.2, -0.15) is 0 Å². The molecular weight excluding hydrogens is 400 g/mol. The van der Waals surface area contributed by atoms with Crippen LogP contribution in [0.25, 0.3) is 0 Å². The third kappa shape index (κ3) is 4.44. The van der Waals surface area contributed by atoms with Gasteiger partial charge in [0.25, 0.3) is 0 Å². The van der Waals surface area contributed by atoms with E-state index in [0.717, 1.165) is 0 Å². The van der Waals surface area contributed by atoms with Gasteiger partial charge >= 0.3 is 6.03 Å². The first-order chi connectivity index (χ1) is 13.4. The van der Waals surface area contributed by atoms with Crippen molar-refractivity contribution in [1.29, 1.82) is 0 Å². The second-order valence-corrected chi connectivity index (χ2v) is 8.15. The van der Waals surface area contributed by atoms with Gasteiger partial charge in [-0.05, 0) is 48.5 Å². The molecule has 0 fully saturated rings. The summed E-state index contributed by atoms with van der Waals surface area (Å²) in [6.45, 7) is 0.